The highest BCUT2D eigenvalue weighted by atomic mass is 16.3. The molecule has 3 aromatic rings. The Hall–Kier alpha value is -2.54. The van der Waals surface area contributed by atoms with Gasteiger partial charge in [-0.05, 0) is 26.7 Å². The van der Waals surface area contributed by atoms with Gasteiger partial charge in [0.15, 0.2) is 0 Å². The molecule has 1 aromatic heterocycles. The summed E-state index contributed by atoms with van der Waals surface area (Å²) < 4.78 is 6.55. The van der Waals surface area contributed by atoms with Crippen molar-refractivity contribution in [2.75, 3.05) is 0 Å². The van der Waals surface area contributed by atoms with Crippen LogP contribution in [0.3, 0.4) is 0 Å². The van der Waals surface area contributed by atoms with E-state index in [1.54, 1.807) is 5.57 Å². The predicted octanol–water partition coefficient (Wildman–Crippen LogP) is 6.92. The summed E-state index contributed by atoms with van der Waals surface area (Å²) in [6.45, 7) is 4.54. The van der Waals surface area contributed by atoms with Crippen LogP contribution in [0.15, 0.2) is 76.2 Å². The number of hydrogen-bond acceptors (Lipinski definition) is 1. The molecule has 1 heteroatoms. The summed E-state index contributed by atoms with van der Waals surface area (Å²) in [5.41, 5.74) is 8.44. The zero-order valence-corrected chi connectivity index (χ0v) is 14.8. The second-order valence-electron chi connectivity index (χ2n) is 7.46. The molecule has 5 rings (SSSR count). The van der Waals surface area contributed by atoms with Gasteiger partial charge in [0.2, 0.25) is 0 Å². The van der Waals surface area contributed by atoms with Crippen LogP contribution in [0.5, 0.6) is 0 Å². The van der Waals surface area contributed by atoms with Crippen LogP contribution in [-0.2, 0) is 0 Å². The second-order valence-corrected chi connectivity index (χ2v) is 7.46. The summed E-state index contributed by atoms with van der Waals surface area (Å²) >= 11 is 0. The fraction of sp³-hybridized carbons (Fsp3) is 0.250. The van der Waals surface area contributed by atoms with E-state index in [1.165, 1.54) is 40.7 Å². The van der Waals surface area contributed by atoms with Crippen LogP contribution in [0, 0.1) is 0 Å². The lowest BCUT2D eigenvalue weighted by Crippen LogP contribution is -1.96. The molecule has 2 unspecified atom stereocenters. The third-order valence-corrected chi connectivity index (χ3v) is 5.82. The van der Waals surface area contributed by atoms with Crippen molar-refractivity contribution in [3.8, 4) is 22.6 Å². The molecule has 25 heavy (non-hydrogen) atoms. The highest BCUT2D eigenvalue weighted by molar-refractivity contribution is 5.79. The Morgan fingerprint density at radius 2 is 1.16 bits per heavy atom. The molecule has 1 saturated carbocycles. The molecule has 2 aliphatic carbocycles. The van der Waals surface area contributed by atoms with Crippen molar-refractivity contribution in [3.05, 3.63) is 82.9 Å². The second kappa shape index (κ2) is 5.49. The summed E-state index contributed by atoms with van der Waals surface area (Å²) in [5, 5.41) is 0. The minimum atomic E-state index is 0.543. The molecule has 2 atom stereocenters. The van der Waals surface area contributed by atoms with Crippen LogP contribution in [0.2, 0.25) is 0 Å². The van der Waals surface area contributed by atoms with Crippen LogP contribution in [-0.4, -0.2) is 0 Å². The molecular formula is C24H22O. The van der Waals surface area contributed by atoms with Crippen LogP contribution in [0.1, 0.15) is 49.7 Å². The molecule has 0 spiro atoms. The minimum absolute atomic E-state index is 0.543. The molecule has 0 amide bonds. The van der Waals surface area contributed by atoms with Crippen LogP contribution in [0.25, 0.3) is 22.6 Å². The van der Waals surface area contributed by atoms with E-state index in [9.17, 15) is 0 Å². The molecule has 0 radical (unpaired) electrons. The van der Waals surface area contributed by atoms with Gasteiger partial charge in [0.05, 0.1) is 0 Å². The molecule has 1 fully saturated rings. The van der Waals surface area contributed by atoms with Crippen LogP contribution < -0.4 is 0 Å². The number of rotatable bonds is 2. The lowest BCUT2D eigenvalue weighted by Gasteiger charge is -2.11. The molecule has 2 aliphatic rings. The molecule has 2 aromatic carbocycles. The van der Waals surface area contributed by atoms with Gasteiger partial charge in [0, 0.05) is 34.1 Å². The van der Waals surface area contributed by atoms with E-state index >= 15 is 0 Å². The number of hydrogen-bond donors (Lipinski definition) is 0. The standard InChI is InChI=1S/C24H22O/c1-15(2)20-18-13-14-19(20)22-21(18)23(16-9-5-3-6-10-16)25-24(22)17-11-7-4-8-12-17/h3-12,18-19H,13-14H2,1-2H3. The van der Waals surface area contributed by atoms with Gasteiger partial charge in [-0.2, -0.15) is 0 Å². The summed E-state index contributed by atoms with van der Waals surface area (Å²) in [4.78, 5) is 0. The van der Waals surface area contributed by atoms with Crippen molar-refractivity contribution >= 4 is 0 Å². The maximum atomic E-state index is 6.55. The van der Waals surface area contributed by atoms with Gasteiger partial charge in [-0.1, -0.05) is 71.8 Å². The first-order chi connectivity index (χ1) is 12.3. The highest BCUT2D eigenvalue weighted by Crippen LogP contribution is 2.63. The maximum absolute atomic E-state index is 6.55. The van der Waals surface area contributed by atoms with Crippen molar-refractivity contribution in [1.29, 1.82) is 0 Å². The zero-order chi connectivity index (χ0) is 17.0. The van der Waals surface area contributed by atoms with Gasteiger partial charge in [-0.3, -0.25) is 0 Å². The summed E-state index contributed by atoms with van der Waals surface area (Å²) in [6.07, 6.45) is 2.51. The SMILES string of the molecule is CC(C)=C1C2CCC1c1c(-c3ccccc3)oc(-c3ccccc3)c12. The van der Waals surface area contributed by atoms with E-state index in [-0.39, 0.29) is 0 Å². The summed E-state index contributed by atoms with van der Waals surface area (Å²) in [5.74, 6) is 3.25. The molecule has 2 bridgehead atoms. The van der Waals surface area contributed by atoms with Gasteiger partial charge >= 0.3 is 0 Å². The van der Waals surface area contributed by atoms with Gasteiger partial charge in [-0.25, -0.2) is 0 Å². The first-order valence-electron chi connectivity index (χ1n) is 9.20. The molecule has 1 heterocycles. The predicted molar refractivity (Wildman–Crippen MR) is 103 cm³/mol. The number of allylic oxidation sites excluding steroid dienone is 2. The van der Waals surface area contributed by atoms with Crippen molar-refractivity contribution in [3.63, 3.8) is 0 Å². The Bertz CT molecular complexity index is 884. The Kier molecular flexibility index (Phi) is 3.24. The average molecular weight is 326 g/mol. The normalized spacial score (nSPS) is 20.8. The first-order valence-corrected chi connectivity index (χ1v) is 9.20. The lowest BCUT2D eigenvalue weighted by molar-refractivity contribution is 0.587. The van der Waals surface area contributed by atoms with E-state index < -0.39 is 0 Å². The molecular weight excluding hydrogens is 304 g/mol. The third kappa shape index (κ3) is 2.08. The van der Waals surface area contributed by atoms with Crippen molar-refractivity contribution in [2.45, 2.75) is 38.5 Å². The smallest absolute Gasteiger partial charge is 0.138 e. The van der Waals surface area contributed by atoms with E-state index in [0.29, 0.717) is 11.8 Å². The van der Waals surface area contributed by atoms with Gasteiger partial charge < -0.3 is 4.42 Å². The topological polar surface area (TPSA) is 13.1 Å². The summed E-state index contributed by atoms with van der Waals surface area (Å²) in [7, 11) is 0. The fourth-order valence-electron chi connectivity index (χ4n) is 4.94. The minimum Gasteiger partial charge on any atom is -0.455 e. The van der Waals surface area contributed by atoms with E-state index in [4.69, 9.17) is 4.42 Å². The maximum Gasteiger partial charge on any atom is 0.138 e. The van der Waals surface area contributed by atoms with E-state index in [0.717, 1.165) is 11.5 Å². The van der Waals surface area contributed by atoms with Crippen molar-refractivity contribution < 1.29 is 4.42 Å². The molecule has 1 nitrogen and oxygen atoms in total. The quantitative estimate of drug-likeness (QED) is 0.466. The van der Waals surface area contributed by atoms with Gasteiger partial charge in [0.1, 0.15) is 11.5 Å². The monoisotopic (exact) mass is 326 g/mol. The molecule has 124 valence electrons. The number of benzene rings is 2. The Morgan fingerprint density at radius 1 is 0.720 bits per heavy atom. The molecule has 0 aliphatic heterocycles. The molecule has 0 saturated heterocycles. The third-order valence-electron chi connectivity index (χ3n) is 5.82. The number of furan rings is 1. The van der Waals surface area contributed by atoms with Crippen molar-refractivity contribution in [2.24, 2.45) is 0 Å². The number of fused-ring (bicyclic) bond motifs is 5. The molecule has 0 N–H and O–H groups in total. The highest BCUT2D eigenvalue weighted by Gasteiger charge is 2.47. The Morgan fingerprint density at radius 3 is 1.56 bits per heavy atom. The van der Waals surface area contributed by atoms with Crippen molar-refractivity contribution in [1.82, 2.24) is 0 Å². The average Bonchev–Trinajstić information content (AvgIpc) is 3.32. The lowest BCUT2D eigenvalue weighted by atomic mass is 9.89. The van der Waals surface area contributed by atoms with Crippen LogP contribution >= 0.6 is 0 Å². The fourth-order valence-corrected chi connectivity index (χ4v) is 4.94. The van der Waals surface area contributed by atoms with Gasteiger partial charge in [0.25, 0.3) is 0 Å². The Labute approximate surface area is 149 Å². The Balaban J connectivity index is 1.80. The van der Waals surface area contributed by atoms with Gasteiger partial charge in [-0.15, -0.1) is 0 Å². The van der Waals surface area contributed by atoms with E-state index in [1.807, 2.05) is 0 Å². The van der Waals surface area contributed by atoms with Crippen LogP contribution in [0.4, 0.5) is 0 Å². The van der Waals surface area contributed by atoms with E-state index in [2.05, 4.69) is 74.5 Å². The summed E-state index contributed by atoms with van der Waals surface area (Å²) in [6, 6.07) is 21.2. The first kappa shape index (κ1) is 14.8. The largest absolute Gasteiger partial charge is 0.455 e. The zero-order valence-electron chi connectivity index (χ0n) is 14.8.